The first kappa shape index (κ1) is 17.8. The lowest BCUT2D eigenvalue weighted by Crippen LogP contribution is -2.14. The molecule has 0 atom stereocenters. The number of nitrogens with one attached hydrogen (secondary N) is 2. The van der Waals surface area contributed by atoms with Crippen molar-refractivity contribution in [3.8, 4) is 5.75 Å². The second kappa shape index (κ2) is 7.37. The summed E-state index contributed by atoms with van der Waals surface area (Å²) in [7, 11) is 0. The Hall–Kier alpha value is -2.51. The predicted octanol–water partition coefficient (Wildman–Crippen LogP) is 4.46. The van der Waals surface area contributed by atoms with Crippen LogP contribution in [-0.2, 0) is 6.18 Å². The van der Waals surface area contributed by atoms with Crippen LogP contribution in [0, 0.1) is 0 Å². The molecule has 130 valence electrons. The SMILES string of the molecule is CCNc1nc(Nc2ccccc2OC(C)C)ncc1C(F)(F)F. The molecule has 0 saturated carbocycles. The molecular weight excluding hydrogens is 321 g/mol. The summed E-state index contributed by atoms with van der Waals surface area (Å²) in [6.07, 6.45) is -3.80. The second-order valence-corrected chi connectivity index (χ2v) is 5.27. The van der Waals surface area contributed by atoms with Crippen molar-refractivity contribution in [2.45, 2.75) is 33.1 Å². The van der Waals surface area contributed by atoms with E-state index in [-0.39, 0.29) is 17.9 Å². The van der Waals surface area contributed by atoms with E-state index in [9.17, 15) is 13.2 Å². The van der Waals surface area contributed by atoms with Gasteiger partial charge in [0, 0.05) is 12.7 Å². The van der Waals surface area contributed by atoms with Gasteiger partial charge in [-0.3, -0.25) is 0 Å². The topological polar surface area (TPSA) is 59.1 Å². The van der Waals surface area contributed by atoms with Crippen molar-refractivity contribution >= 4 is 17.5 Å². The molecule has 24 heavy (non-hydrogen) atoms. The molecule has 0 aliphatic rings. The zero-order chi connectivity index (χ0) is 17.7. The van der Waals surface area contributed by atoms with Crippen LogP contribution in [0.4, 0.5) is 30.6 Å². The summed E-state index contributed by atoms with van der Waals surface area (Å²) in [4.78, 5) is 7.70. The highest BCUT2D eigenvalue weighted by atomic mass is 19.4. The Bertz CT molecular complexity index is 689. The third kappa shape index (κ3) is 4.50. The van der Waals surface area contributed by atoms with E-state index in [1.165, 1.54) is 0 Å². The monoisotopic (exact) mass is 340 g/mol. The standard InChI is InChI=1S/C16H19F3N4O/c1-4-20-14-11(16(17,18)19)9-21-15(23-14)22-12-7-5-6-8-13(12)24-10(2)3/h5-10H,4H2,1-3H3,(H2,20,21,22,23). The van der Waals surface area contributed by atoms with E-state index in [0.29, 0.717) is 18.0 Å². The van der Waals surface area contributed by atoms with Gasteiger partial charge < -0.3 is 15.4 Å². The lowest BCUT2D eigenvalue weighted by molar-refractivity contribution is -0.137. The minimum atomic E-state index is -4.52. The van der Waals surface area contributed by atoms with Crippen LogP contribution in [0.2, 0.25) is 0 Å². The van der Waals surface area contributed by atoms with Crippen molar-refractivity contribution in [3.05, 3.63) is 36.0 Å². The number of hydrogen-bond donors (Lipinski definition) is 2. The molecular formula is C16H19F3N4O. The number of halogens is 3. The summed E-state index contributed by atoms with van der Waals surface area (Å²) >= 11 is 0. The van der Waals surface area contributed by atoms with Crippen LogP contribution >= 0.6 is 0 Å². The highest BCUT2D eigenvalue weighted by molar-refractivity contribution is 5.63. The zero-order valence-corrected chi connectivity index (χ0v) is 13.6. The molecule has 0 aliphatic carbocycles. The highest BCUT2D eigenvalue weighted by Crippen LogP contribution is 2.34. The quantitative estimate of drug-likeness (QED) is 0.813. The van der Waals surface area contributed by atoms with Crippen molar-refractivity contribution in [2.24, 2.45) is 0 Å². The number of nitrogens with zero attached hydrogens (tertiary/aromatic N) is 2. The van der Waals surface area contributed by atoms with E-state index >= 15 is 0 Å². The van der Waals surface area contributed by atoms with Crippen LogP contribution in [0.1, 0.15) is 26.3 Å². The number of rotatable bonds is 6. The Morgan fingerprint density at radius 1 is 1.21 bits per heavy atom. The molecule has 0 bridgehead atoms. The Kier molecular flexibility index (Phi) is 5.48. The molecule has 0 amide bonds. The third-order valence-electron chi connectivity index (χ3n) is 2.93. The van der Waals surface area contributed by atoms with Gasteiger partial charge in [0.25, 0.3) is 0 Å². The highest BCUT2D eigenvalue weighted by Gasteiger charge is 2.35. The number of para-hydroxylation sites is 2. The smallest absolute Gasteiger partial charge is 0.421 e. The van der Waals surface area contributed by atoms with Crippen molar-refractivity contribution in [1.82, 2.24) is 9.97 Å². The molecule has 0 spiro atoms. The summed E-state index contributed by atoms with van der Waals surface area (Å²) in [5.74, 6) is 0.365. The molecule has 2 aromatic rings. The Morgan fingerprint density at radius 2 is 1.92 bits per heavy atom. The second-order valence-electron chi connectivity index (χ2n) is 5.27. The van der Waals surface area contributed by atoms with Gasteiger partial charge in [-0.2, -0.15) is 18.2 Å². The van der Waals surface area contributed by atoms with Gasteiger partial charge in [0.2, 0.25) is 5.95 Å². The maximum absolute atomic E-state index is 13.0. The van der Waals surface area contributed by atoms with Gasteiger partial charge in [-0.05, 0) is 32.9 Å². The summed E-state index contributed by atoms with van der Waals surface area (Å²) in [6, 6.07) is 7.09. The molecule has 0 unspecified atom stereocenters. The number of ether oxygens (including phenoxy) is 1. The van der Waals surface area contributed by atoms with Gasteiger partial charge in [-0.1, -0.05) is 12.1 Å². The minimum Gasteiger partial charge on any atom is -0.489 e. The average Bonchev–Trinajstić information content (AvgIpc) is 2.48. The first-order valence-corrected chi connectivity index (χ1v) is 7.52. The van der Waals surface area contributed by atoms with Gasteiger partial charge in [0.1, 0.15) is 17.1 Å². The van der Waals surface area contributed by atoms with Crippen LogP contribution in [0.5, 0.6) is 5.75 Å². The van der Waals surface area contributed by atoms with Crippen molar-refractivity contribution < 1.29 is 17.9 Å². The minimum absolute atomic E-state index is 0.0428. The predicted molar refractivity (Wildman–Crippen MR) is 86.7 cm³/mol. The Balaban J connectivity index is 2.32. The molecule has 0 radical (unpaired) electrons. The molecule has 0 aliphatic heterocycles. The van der Waals surface area contributed by atoms with Crippen LogP contribution in [-0.4, -0.2) is 22.6 Å². The molecule has 1 aromatic heterocycles. The lowest BCUT2D eigenvalue weighted by atomic mass is 10.3. The van der Waals surface area contributed by atoms with Gasteiger partial charge in [-0.15, -0.1) is 0 Å². The van der Waals surface area contributed by atoms with E-state index in [2.05, 4.69) is 20.6 Å². The summed E-state index contributed by atoms with van der Waals surface area (Å²) in [6.45, 7) is 5.77. The van der Waals surface area contributed by atoms with Crippen molar-refractivity contribution in [3.63, 3.8) is 0 Å². The maximum Gasteiger partial charge on any atom is 0.421 e. The van der Waals surface area contributed by atoms with Gasteiger partial charge in [-0.25, -0.2) is 4.98 Å². The van der Waals surface area contributed by atoms with E-state index in [1.54, 1.807) is 31.2 Å². The molecule has 1 aromatic carbocycles. The molecule has 5 nitrogen and oxygen atoms in total. The fourth-order valence-corrected chi connectivity index (χ4v) is 2.00. The fraction of sp³-hybridized carbons (Fsp3) is 0.375. The largest absolute Gasteiger partial charge is 0.489 e. The van der Waals surface area contributed by atoms with Crippen molar-refractivity contribution in [2.75, 3.05) is 17.2 Å². The van der Waals surface area contributed by atoms with E-state index in [4.69, 9.17) is 4.74 Å². The van der Waals surface area contributed by atoms with E-state index in [0.717, 1.165) is 6.20 Å². The van der Waals surface area contributed by atoms with Gasteiger partial charge in [0.05, 0.1) is 11.8 Å². The summed E-state index contributed by atoms with van der Waals surface area (Å²) < 4.78 is 44.6. The van der Waals surface area contributed by atoms with Gasteiger partial charge >= 0.3 is 6.18 Å². The van der Waals surface area contributed by atoms with Crippen LogP contribution < -0.4 is 15.4 Å². The fourth-order valence-electron chi connectivity index (χ4n) is 2.00. The molecule has 2 N–H and O–H groups in total. The summed E-state index contributed by atoms with van der Waals surface area (Å²) in [5.41, 5.74) is -0.324. The third-order valence-corrected chi connectivity index (χ3v) is 2.93. The lowest BCUT2D eigenvalue weighted by Gasteiger charge is -2.16. The Morgan fingerprint density at radius 3 is 2.54 bits per heavy atom. The zero-order valence-electron chi connectivity index (χ0n) is 13.6. The molecule has 0 fully saturated rings. The van der Waals surface area contributed by atoms with Crippen molar-refractivity contribution in [1.29, 1.82) is 0 Å². The maximum atomic E-state index is 13.0. The molecule has 0 saturated heterocycles. The normalized spacial score (nSPS) is 11.5. The average molecular weight is 340 g/mol. The number of hydrogen-bond acceptors (Lipinski definition) is 5. The first-order valence-electron chi connectivity index (χ1n) is 7.52. The van der Waals surface area contributed by atoms with Crippen LogP contribution in [0.25, 0.3) is 0 Å². The molecule has 1 heterocycles. The van der Waals surface area contributed by atoms with Crippen LogP contribution in [0.15, 0.2) is 30.5 Å². The number of aromatic nitrogens is 2. The Labute approximate surface area is 138 Å². The number of alkyl halides is 3. The summed E-state index contributed by atoms with van der Waals surface area (Å²) in [5, 5.41) is 5.51. The van der Waals surface area contributed by atoms with Crippen LogP contribution in [0.3, 0.4) is 0 Å². The van der Waals surface area contributed by atoms with E-state index in [1.807, 2.05) is 13.8 Å². The number of anilines is 3. The molecule has 2 rings (SSSR count). The first-order chi connectivity index (χ1) is 11.3. The van der Waals surface area contributed by atoms with Gasteiger partial charge in [0.15, 0.2) is 0 Å². The number of benzene rings is 1. The van der Waals surface area contributed by atoms with E-state index < -0.39 is 11.7 Å². The molecule has 8 heteroatoms.